The quantitative estimate of drug-likeness (QED) is 0.220. The van der Waals surface area contributed by atoms with Crippen LogP contribution in [0.2, 0.25) is 0 Å². The summed E-state index contributed by atoms with van der Waals surface area (Å²) in [7, 11) is 0. The predicted octanol–water partition coefficient (Wildman–Crippen LogP) is 10.2. The van der Waals surface area contributed by atoms with Crippen LogP contribution < -0.4 is 0 Å². The van der Waals surface area contributed by atoms with Crippen molar-refractivity contribution in [2.24, 2.45) is 34.5 Å². The molecule has 8 rings (SSSR count). The molecule has 3 heterocycles. The van der Waals surface area contributed by atoms with E-state index in [1.165, 1.54) is 74.0 Å². The van der Waals surface area contributed by atoms with E-state index in [1.54, 1.807) is 5.57 Å². The first-order chi connectivity index (χ1) is 23.1. The average molecular weight is 656 g/mol. The highest BCUT2D eigenvalue weighted by Gasteiger charge is 2.57. The maximum Gasteiger partial charge on any atom is 0.169 e. The minimum absolute atomic E-state index is 0.0294. The standard InChI is InChI=1S/C43H61NO4/c1-29-11-12-30(2)44(29)34-17-13-31(14-18-34)37-26-42(5)33(9-8-24-46-39-10-6-7-23-45-39)16-20-38(42)36-19-15-32-25-43(22-21-35(32)40(36)37)47-27-41(3,4)28-48-43/h11-14,17-18,32-33,36-39H,6-10,15-16,19-28H2,1-5H3/t32-,33+,36-,37+,38-,39?,42+/m0/s1. The van der Waals surface area contributed by atoms with Gasteiger partial charge in [-0.15, -0.1) is 0 Å². The highest BCUT2D eigenvalue weighted by atomic mass is 16.7. The third-order valence-corrected chi connectivity index (χ3v) is 13.9. The Bertz CT molecular complexity index is 1450. The van der Waals surface area contributed by atoms with Crippen LogP contribution in [0.25, 0.3) is 5.69 Å². The van der Waals surface area contributed by atoms with Crippen LogP contribution in [0.15, 0.2) is 47.5 Å². The Morgan fingerprint density at radius 2 is 1.62 bits per heavy atom. The number of fused-ring (bicyclic) bond motifs is 4. The fraction of sp³-hybridized carbons (Fsp3) is 0.721. The number of hydrogen-bond donors (Lipinski definition) is 0. The monoisotopic (exact) mass is 655 g/mol. The van der Waals surface area contributed by atoms with Crippen LogP contribution in [0.4, 0.5) is 0 Å². The summed E-state index contributed by atoms with van der Waals surface area (Å²) >= 11 is 0. The van der Waals surface area contributed by atoms with E-state index in [0.717, 1.165) is 70.4 Å². The van der Waals surface area contributed by atoms with Gasteiger partial charge in [-0.25, -0.2) is 0 Å². The van der Waals surface area contributed by atoms with E-state index in [9.17, 15) is 0 Å². The van der Waals surface area contributed by atoms with Gasteiger partial charge in [0.05, 0.1) is 13.2 Å². The minimum Gasteiger partial charge on any atom is -0.353 e. The molecule has 6 aliphatic rings. The largest absolute Gasteiger partial charge is 0.353 e. The average Bonchev–Trinajstić information content (AvgIpc) is 3.61. The smallest absolute Gasteiger partial charge is 0.169 e. The van der Waals surface area contributed by atoms with Crippen LogP contribution in [0.1, 0.15) is 127 Å². The molecule has 3 saturated carbocycles. The van der Waals surface area contributed by atoms with Crippen molar-refractivity contribution in [1.29, 1.82) is 0 Å². The van der Waals surface area contributed by atoms with Crippen molar-refractivity contribution >= 4 is 0 Å². The molecule has 0 radical (unpaired) electrons. The van der Waals surface area contributed by atoms with E-state index in [4.69, 9.17) is 18.9 Å². The molecule has 1 aromatic heterocycles. The lowest BCUT2D eigenvalue weighted by Gasteiger charge is -2.55. The predicted molar refractivity (Wildman–Crippen MR) is 191 cm³/mol. The van der Waals surface area contributed by atoms with E-state index >= 15 is 0 Å². The van der Waals surface area contributed by atoms with E-state index in [2.05, 4.69) is 75.6 Å². The van der Waals surface area contributed by atoms with Crippen LogP contribution in [-0.4, -0.2) is 43.1 Å². The van der Waals surface area contributed by atoms with Crippen molar-refractivity contribution in [1.82, 2.24) is 4.57 Å². The first-order valence-electron chi connectivity index (χ1n) is 19.6. The molecule has 2 aliphatic heterocycles. The first kappa shape index (κ1) is 33.2. The zero-order valence-electron chi connectivity index (χ0n) is 30.5. The number of aromatic nitrogens is 1. The number of rotatable bonds is 7. The summed E-state index contributed by atoms with van der Waals surface area (Å²) in [5.74, 6) is 3.02. The molecule has 5 nitrogen and oxygen atoms in total. The van der Waals surface area contributed by atoms with Gasteiger partial charge in [-0.3, -0.25) is 0 Å². The van der Waals surface area contributed by atoms with Crippen molar-refractivity contribution in [3.8, 4) is 5.69 Å². The number of aryl methyl sites for hydroxylation is 2. The second-order valence-corrected chi connectivity index (χ2v) is 17.7. The Kier molecular flexibility index (Phi) is 9.00. The number of hydrogen-bond acceptors (Lipinski definition) is 4. The van der Waals surface area contributed by atoms with Gasteiger partial charge < -0.3 is 23.5 Å². The first-order valence-corrected chi connectivity index (χ1v) is 19.6. The second kappa shape index (κ2) is 13.0. The van der Waals surface area contributed by atoms with Gasteiger partial charge in [-0.1, -0.05) is 44.1 Å². The Morgan fingerprint density at radius 1 is 0.854 bits per heavy atom. The molecule has 5 fully saturated rings. The van der Waals surface area contributed by atoms with E-state index in [0.29, 0.717) is 23.2 Å². The lowest BCUT2D eigenvalue weighted by molar-refractivity contribution is -0.312. The molecule has 0 N–H and O–H groups in total. The number of benzene rings is 1. The zero-order chi connectivity index (χ0) is 33.1. The van der Waals surface area contributed by atoms with Crippen molar-refractivity contribution in [3.63, 3.8) is 0 Å². The van der Waals surface area contributed by atoms with Gasteiger partial charge in [0.25, 0.3) is 0 Å². The Hall–Kier alpha value is -1.92. The van der Waals surface area contributed by atoms with Crippen LogP contribution in [0.5, 0.6) is 0 Å². The summed E-state index contributed by atoms with van der Waals surface area (Å²) in [5.41, 5.74) is 9.54. The van der Waals surface area contributed by atoms with Gasteiger partial charge in [0, 0.05) is 54.5 Å². The number of nitrogens with zero attached hydrogens (tertiary/aromatic N) is 1. The summed E-state index contributed by atoms with van der Waals surface area (Å²) in [6, 6.07) is 14.2. The maximum absolute atomic E-state index is 6.61. The molecule has 2 aromatic rings. The minimum atomic E-state index is -0.368. The van der Waals surface area contributed by atoms with Crippen LogP contribution in [-0.2, 0) is 18.9 Å². The molecular weight excluding hydrogens is 594 g/mol. The summed E-state index contributed by atoms with van der Waals surface area (Å²) in [5, 5.41) is 0. The van der Waals surface area contributed by atoms with Gasteiger partial charge in [0.2, 0.25) is 0 Å². The lowest BCUT2D eigenvalue weighted by atomic mass is 9.50. The zero-order valence-corrected chi connectivity index (χ0v) is 30.5. The van der Waals surface area contributed by atoms with E-state index < -0.39 is 0 Å². The fourth-order valence-electron chi connectivity index (χ4n) is 11.4. The summed E-state index contributed by atoms with van der Waals surface area (Å²) < 4.78 is 27.7. The molecular formula is C43H61NO4. The maximum atomic E-state index is 6.61. The fourth-order valence-corrected chi connectivity index (χ4v) is 11.4. The van der Waals surface area contributed by atoms with Gasteiger partial charge in [0.15, 0.2) is 12.1 Å². The lowest BCUT2D eigenvalue weighted by Crippen LogP contribution is -2.51. The summed E-state index contributed by atoms with van der Waals surface area (Å²) in [6.45, 7) is 15.0. The Labute approximate surface area is 290 Å². The molecule has 1 unspecified atom stereocenters. The van der Waals surface area contributed by atoms with Gasteiger partial charge >= 0.3 is 0 Å². The van der Waals surface area contributed by atoms with Crippen LogP contribution in [0, 0.1) is 48.3 Å². The van der Waals surface area contributed by atoms with Crippen molar-refractivity contribution in [2.75, 3.05) is 26.4 Å². The van der Waals surface area contributed by atoms with Crippen molar-refractivity contribution in [3.05, 3.63) is 64.5 Å². The molecule has 7 atom stereocenters. The van der Waals surface area contributed by atoms with Crippen molar-refractivity contribution in [2.45, 2.75) is 136 Å². The normalized spacial score (nSPS) is 35.7. The second-order valence-electron chi connectivity index (χ2n) is 17.7. The van der Waals surface area contributed by atoms with E-state index in [1.807, 2.05) is 5.57 Å². The summed E-state index contributed by atoms with van der Waals surface area (Å²) in [4.78, 5) is 0. The SMILES string of the molecule is Cc1ccc(C)n1-c1ccc([C@H]2C[C@]3(C)[C@H](CCCOC4CCCCO4)CC[C@H]3[C@@H]3CC[C@H]4CC5(CCC4=C32)OCC(C)(C)CO5)cc1. The molecule has 0 bridgehead atoms. The van der Waals surface area contributed by atoms with Gasteiger partial charge in [0.1, 0.15) is 0 Å². The molecule has 262 valence electrons. The van der Waals surface area contributed by atoms with Crippen LogP contribution >= 0.6 is 0 Å². The van der Waals surface area contributed by atoms with Gasteiger partial charge in [-0.2, -0.15) is 0 Å². The summed E-state index contributed by atoms with van der Waals surface area (Å²) in [6.07, 6.45) is 15.8. The molecule has 1 aromatic carbocycles. The molecule has 0 amide bonds. The number of ether oxygens (including phenoxy) is 4. The third-order valence-electron chi connectivity index (χ3n) is 13.9. The Balaban J connectivity index is 1.08. The third kappa shape index (κ3) is 6.07. The van der Waals surface area contributed by atoms with Crippen LogP contribution in [0.3, 0.4) is 0 Å². The topological polar surface area (TPSA) is 41.9 Å². The Morgan fingerprint density at radius 3 is 2.35 bits per heavy atom. The number of allylic oxidation sites excluding steroid dienone is 2. The highest BCUT2D eigenvalue weighted by Crippen LogP contribution is 2.67. The van der Waals surface area contributed by atoms with E-state index in [-0.39, 0.29) is 17.5 Å². The van der Waals surface area contributed by atoms with Gasteiger partial charge in [-0.05, 0) is 143 Å². The highest BCUT2D eigenvalue weighted by molar-refractivity contribution is 5.45. The molecule has 5 heteroatoms. The molecule has 1 spiro atoms. The molecule has 48 heavy (non-hydrogen) atoms. The molecule has 4 aliphatic carbocycles. The molecule has 2 saturated heterocycles. The van der Waals surface area contributed by atoms with Crippen molar-refractivity contribution < 1.29 is 18.9 Å².